The molecule has 2 N–H and O–H groups in total. The monoisotopic (exact) mass is 239 g/mol. The number of halogens is 1. The van der Waals surface area contributed by atoms with Crippen molar-refractivity contribution in [2.45, 2.75) is 25.3 Å². The third-order valence-corrected chi connectivity index (χ3v) is 3.31. The molecule has 0 aliphatic heterocycles. The van der Waals surface area contributed by atoms with Gasteiger partial charge in [0.05, 0.1) is 6.61 Å². The molecule has 2 unspecified atom stereocenters. The Labute approximate surface area is 102 Å². The zero-order valence-corrected chi connectivity index (χ0v) is 10.3. The molecule has 0 amide bonds. The van der Waals surface area contributed by atoms with E-state index in [1.54, 1.807) is 7.11 Å². The maximum Gasteiger partial charge on any atom is 0.0502 e. The van der Waals surface area contributed by atoms with Gasteiger partial charge in [0.1, 0.15) is 0 Å². The minimum atomic E-state index is 0.404. The largest absolute Gasteiger partial charge is 0.384 e. The van der Waals surface area contributed by atoms with E-state index in [4.69, 9.17) is 22.1 Å². The Morgan fingerprint density at radius 2 is 2.06 bits per heavy atom. The molecule has 0 spiro atoms. The minimum absolute atomic E-state index is 0.404. The fourth-order valence-electron chi connectivity index (χ4n) is 2.01. The van der Waals surface area contributed by atoms with Crippen molar-refractivity contribution < 1.29 is 4.74 Å². The molecule has 2 rings (SSSR count). The summed E-state index contributed by atoms with van der Waals surface area (Å²) in [5, 5.41) is 0.817. The van der Waals surface area contributed by atoms with Gasteiger partial charge >= 0.3 is 0 Å². The predicted octanol–water partition coefficient (Wildman–Crippen LogP) is 2.42. The fraction of sp³-hybridized carbons (Fsp3) is 0.538. The van der Waals surface area contributed by atoms with Gasteiger partial charge in [0.15, 0.2) is 0 Å². The van der Waals surface area contributed by atoms with Crippen LogP contribution in [0.5, 0.6) is 0 Å². The number of rotatable bonds is 5. The van der Waals surface area contributed by atoms with E-state index in [-0.39, 0.29) is 0 Å². The maximum absolute atomic E-state index is 6.10. The van der Waals surface area contributed by atoms with Gasteiger partial charge in [-0.25, -0.2) is 0 Å². The summed E-state index contributed by atoms with van der Waals surface area (Å²) in [6.45, 7) is 0.739. The molecule has 1 aliphatic carbocycles. The van der Waals surface area contributed by atoms with Crippen LogP contribution in [0.3, 0.4) is 0 Å². The van der Waals surface area contributed by atoms with Crippen molar-refractivity contribution in [1.29, 1.82) is 0 Å². The average Bonchev–Trinajstić information content (AvgIpc) is 2.90. The topological polar surface area (TPSA) is 35.2 Å². The van der Waals surface area contributed by atoms with Crippen molar-refractivity contribution in [3.05, 3.63) is 34.3 Å². The van der Waals surface area contributed by atoms with Crippen LogP contribution < -0.4 is 5.73 Å². The first-order valence-corrected chi connectivity index (χ1v) is 6.09. The minimum Gasteiger partial charge on any atom is -0.384 e. The van der Waals surface area contributed by atoms with Crippen LogP contribution in [0, 0.1) is 5.92 Å². The SMILES string of the molecule is COCCc1cc(Cl)cc(CC2CC2N)c1. The molecule has 1 aromatic carbocycles. The van der Waals surface area contributed by atoms with Crippen molar-refractivity contribution in [3.8, 4) is 0 Å². The van der Waals surface area contributed by atoms with Crippen LogP contribution in [0.4, 0.5) is 0 Å². The number of hydrogen-bond donors (Lipinski definition) is 1. The number of nitrogens with two attached hydrogens (primary N) is 1. The van der Waals surface area contributed by atoms with Crippen LogP contribution in [-0.2, 0) is 17.6 Å². The Hall–Kier alpha value is -0.570. The summed E-state index contributed by atoms with van der Waals surface area (Å²) in [6, 6.07) is 6.68. The second kappa shape index (κ2) is 5.17. The first-order valence-electron chi connectivity index (χ1n) is 5.72. The first kappa shape index (κ1) is 11.9. The van der Waals surface area contributed by atoms with Crippen LogP contribution in [-0.4, -0.2) is 19.8 Å². The van der Waals surface area contributed by atoms with E-state index < -0.39 is 0 Å². The molecule has 2 atom stereocenters. The van der Waals surface area contributed by atoms with Crippen LogP contribution in [0.25, 0.3) is 0 Å². The van der Waals surface area contributed by atoms with E-state index in [1.807, 2.05) is 12.1 Å². The van der Waals surface area contributed by atoms with Gasteiger partial charge in [-0.1, -0.05) is 17.7 Å². The molecular formula is C13H18ClNO. The molecule has 0 aromatic heterocycles. The summed E-state index contributed by atoms with van der Waals surface area (Å²) in [6.07, 6.45) is 3.13. The smallest absolute Gasteiger partial charge is 0.0502 e. The zero-order valence-electron chi connectivity index (χ0n) is 9.58. The summed E-state index contributed by atoms with van der Waals surface area (Å²) < 4.78 is 5.07. The molecule has 1 saturated carbocycles. The molecule has 0 heterocycles. The molecule has 1 aromatic rings. The quantitative estimate of drug-likeness (QED) is 0.857. The van der Waals surface area contributed by atoms with Gasteiger partial charge in [0.25, 0.3) is 0 Å². The molecular weight excluding hydrogens is 222 g/mol. The fourth-order valence-corrected chi connectivity index (χ4v) is 2.29. The second-order valence-corrected chi connectivity index (χ2v) is 5.01. The third kappa shape index (κ3) is 3.21. The summed E-state index contributed by atoms with van der Waals surface area (Å²) in [7, 11) is 1.72. The summed E-state index contributed by atoms with van der Waals surface area (Å²) in [5.74, 6) is 0.661. The van der Waals surface area contributed by atoms with E-state index in [0.29, 0.717) is 12.0 Å². The maximum atomic E-state index is 6.10. The van der Waals surface area contributed by atoms with Crippen LogP contribution in [0.15, 0.2) is 18.2 Å². The number of methoxy groups -OCH3 is 1. The van der Waals surface area contributed by atoms with Gasteiger partial charge in [-0.2, -0.15) is 0 Å². The van der Waals surface area contributed by atoms with Crippen molar-refractivity contribution in [1.82, 2.24) is 0 Å². The molecule has 3 heteroatoms. The lowest BCUT2D eigenvalue weighted by Crippen LogP contribution is -2.04. The van der Waals surface area contributed by atoms with Crippen molar-refractivity contribution in [3.63, 3.8) is 0 Å². The summed E-state index contributed by atoms with van der Waals surface area (Å²) >= 11 is 6.10. The molecule has 2 nitrogen and oxygen atoms in total. The van der Waals surface area contributed by atoms with E-state index in [9.17, 15) is 0 Å². The van der Waals surface area contributed by atoms with E-state index in [2.05, 4.69) is 6.07 Å². The average molecular weight is 240 g/mol. The van der Waals surface area contributed by atoms with Gasteiger partial charge in [-0.3, -0.25) is 0 Å². The van der Waals surface area contributed by atoms with Crippen molar-refractivity contribution >= 4 is 11.6 Å². The van der Waals surface area contributed by atoms with E-state index in [1.165, 1.54) is 11.1 Å². The Bertz CT molecular complexity index is 367. The molecule has 1 fully saturated rings. The highest BCUT2D eigenvalue weighted by molar-refractivity contribution is 6.30. The van der Waals surface area contributed by atoms with Crippen LogP contribution >= 0.6 is 11.6 Å². The van der Waals surface area contributed by atoms with Gasteiger partial charge < -0.3 is 10.5 Å². The highest BCUT2D eigenvalue weighted by atomic mass is 35.5. The van der Waals surface area contributed by atoms with Crippen molar-refractivity contribution in [2.24, 2.45) is 11.7 Å². The Morgan fingerprint density at radius 3 is 2.69 bits per heavy atom. The standard InChI is InChI=1S/C13H18ClNO/c1-16-3-2-9-4-10(7-12(14)6-9)5-11-8-13(11)15/h4,6-7,11,13H,2-3,5,8,15H2,1H3. The van der Waals surface area contributed by atoms with E-state index in [0.717, 1.165) is 30.9 Å². The molecule has 0 radical (unpaired) electrons. The Balaban J connectivity index is 2.03. The highest BCUT2D eigenvalue weighted by Gasteiger charge is 2.33. The van der Waals surface area contributed by atoms with Crippen LogP contribution in [0.1, 0.15) is 17.5 Å². The number of ether oxygens (including phenoxy) is 1. The predicted molar refractivity (Wildman–Crippen MR) is 66.8 cm³/mol. The van der Waals surface area contributed by atoms with Gasteiger partial charge in [0, 0.05) is 18.2 Å². The normalized spacial score (nSPS) is 23.4. The van der Waals surface area contributed by atoms with Gasteiger partial charge in [-0.15, -0.1) is 0 Å². The third-order valence-electron chi connectivity index (χ3n) is 3.09. The number of benzene rings is 1. The molecule has 1 aliphatic rings. The summed E-state index contributed by atoms with van der Waals surface area (Å²) in [5.41, 5.74) is 8.37. The van der Waals surface area contributed by atoms with Gasteiger partial charge in [-0.05, 0) is 48.4 Å². The highest BCUT2D eigenvalue weighted by Crippen LogP contribution is 2.32. The van der Waals surface area contributed by atoms with Crippen molar-refractivity contribution in [2.75, 3.05) is 13.7 Å². The number of hydrogen-bond acceptors (Lipinski definition) is 2. The van der Waals surface area contributed by atoms with Crippen LogP contribution in [0.2, 0.25) is 5.02 Å². The van der Waals surface area contributed by atoms with Gasteiger partial charge in [0.2, 0.25) is 0 Å². The molecule has 16 heavy (non-hydrogen) atoms. The molecule has 88 valence electrons. The molecule has 0 bridgehead atoms. The Morgan fingerprint density at radius 1 is 1.38 bits per heavy atom. The summed E-state index contributed by atoms with van der Waals surface area (Å²) in [4.78, 5) is 0. The Kier molecular flexibility index (Phi) is 3.85. The second-order valence-electron chi connectivity index (χ2n) is 4.57. The lowest BCUT2D eigenvalue weighted by atomic mass is 10.0. The lowest BCUT2D eigenvalue weighted by Gasteiger charge is -2.06. The van der Waals surface area contributed by atoms with E-state index >= 15 is 0 Å². The first-order chi connectivity index (χ1) is 7.69. The molecule has 0 saturated heterocycles. The lowest BCUT2D eigenvalue weighted by molar-refractivity contribution is 0.202. The zero-order chi connectivity index (χ0) is 11.5.